The number of hydrogen-bond donors (Lipinski definition) is 1. The molecule has 0 spiro atoms. The molecular weight excluding hydrogens is 174 g/mol. The number of amides is 1. The van der Waals surface area contributed by atoms with Gasteiger partial charge in [0.2, 0.25) is 0 Å². The summed E-state index contributed by atoms with van der Waals surface area (Å²) in [6.45, 7) is 0. The van der Waals surface area contributed by atoms with Crippen molar-refractivity contribution in [2.24, 2.45) is 5.10 Å². The molecule has 70 valence electrons. The zero-order valence-corrected chi connectivity index (χ0v) is 6.60. The fraction of sp³-hybridized carbons (Fsp3) is 0. The van der Waals surface area contributed by atoms with E-state index in [1.807, 2.05) is 0 Å². The van der Waals surface area contributed by atoms with Crippen LogP contribution in [0, 0.1) is 0 Å². The summed E-state index contributed by atoms with van der Waals surface area (Å²) in [5.41, 5.74) is 2.51. The molecule has 0 saturated heterocycles. The van der Waals surface area contributed by atoms with Crippen molar-refractivity contribution in [2.75, 3.05) is 0 Å². The largest absolute Gasteiger partial charge is 0.529 e. The molecule has 3 N–H and O–H groups in total. The molecule has 0 fully saturated rings. The van der Waals surface area contributed by atoms with Crippen LogP contribution < -0.4 is 10.5 Å². The van der Waals surface area contributed by atoms with Gasteiger partial charge in [-0.2, -0.15) is 5.10 Å². The van der Waals surface area contributed by atoms with Gasteiger partial charge in [-0.15, -0.1) is 0 Å². The maximum absolute atomic E-state index is 9.84. The molecule has 13 heavy (non-hydrogen) atoms. The van der Waals surface area contributed by atoms with Crippen molar-refractivity contribution in [1.29, 1.82) is 0 Å². The summed E-state index contributed by atoms with van der Waals surface area (Å²) < 4.78 is 0. The highest BCUT2D eigenvalue weighted by atomic mass is 16.4. The smallest absolute Gasteiger partial charge is 0.155 e. The molecule has 0 aliphatic heterocycles. The van der Waals surface area contributed by atoms with E-state index in [0.29, 0.717) is 0 Å². The zero-order chi connectivity index (χ0) is 8.81. The van der Waals surface area contributed by atoms with Gasteiger partial charge in [0.15, 0.2) is 6.09 Å². The van der Waals surface area contributed by atoms with Crippen LogP contribution in [0.3, 0.4) is 0 Å². The molecular formula is C7H8N3O3-. The predicted molar refractivity (Wildman–Crippen MR) is 44.0 cm³/mol. The standard InChI is InChI=1S/C7H7N3O2.H2O/c11-7(12)10-9-5-6-1-3-8-4-2-6;/h1-5,10H,(H,11,12);1H2/p-1/b9-5+;. The first kappa shape index (κ1) is 11.1. The highest BCUT2D eigenvalue weighted by molar-refractivity contribution is 5.80. The second kappa shape index (κ2) is 5.67. The van der Waals surface area contributed by atoms with E-state index < -0.39 is 6.09 Å². The second-order valence-corrected chi connectivity index (χ2v) is 1.94. The Balaban J connectivity index is 0.00000144. The number of hydrogen-bond acceptors (Lipinski definition) is 4. The number of nitrogens with zero attached hydrogens (tertiary/aromatic N) is 2. The van der Waals surface area contributed by atoms with Crippen LogP contribution in [0.1, 0.15) is 5.56 Å². The quantitative estimate of drug-likeness (QED) is 0.445. The van der Waals surface area contributed by atoms with E-state index in [4.69, 9.17) is 0 Å². The fourth-order valence-electron chi connectivity index (χ4n) is 0.609. The predicted octanol–water partition coefficient (Wildman–Crippen LogP) is -1.48. The Hall–Kier alpha value is -1.95. The molecule has 0 unspecified atom stereocenters. The molecule has 0 radical (unpaired) electrons. The summed E-state index contributed by atoms with van der Waals surface area (Å²) in [5.74, 6) is 0. The molecule has 1 aromatic rings. The van der Waals surface area contributed by atoms with Crippen LogP contribution in [0.15, 0.2) is 29.6 Å². The molecule has 0 aromatic carbocycles. The van der Waals surface area contributed by atoms with Crippen molar-refractivity contribution in [3.8, 4) is 0 Å². The molecule has 6 nitrogen and oxygen atoms in total. The van der Waals surface area contributed by atoms with Gasteiger partial charge in [-0.05, 0) is 17.7 Å². The second-order valence-electron chi connectivity index (χ2n) is 1.94. The Morgan fingerprint density at radius 2 is 2.15 bits per heavy atom. The summed E-state index contributed by atoms with van der Waals surface area (Å²) in [4.78, 5) is 13.6. The Morgan fingerprint density at radius 1 is 1.54 bits per heavy atom. The van der Waals surface area contributed by atoms with Gasteiger partial charge in [0.25, 0.3) is 0 Å². The maximum atomic E-state index is 9.84. The minimum Gasteiger partial charge on any atom is -0.529 e. The Kier molecular flexibility index (Phi) is 4.82. The molecule has 1 amide bonds. The van der Waals surface area contributed by atoms with Crippen LogP contribution in [-0.4, -0.2) is 22.8 Å². The van der Waals surface area contributed by atoms with Crippen molar-refractivity contribution in [3.63, 3.8) is 0 Å². The molecule has 0 saturated carbocycles. The van der Waals surface area contributed by atoms with Crippen LogP contribution >= 0.6 is 0 Å². The van der Waals surface area contributed by atoms with Gasteiger partial charge in [0.05, 0.1) is 6.21 Å². The number of rotatable bonds is 2. The third-order valence-electron chi connectivity index (χ3n) is 1.08. The maximum Gasteiger partial charge on any atom is 0.155 e. The number of hydrazone groups is 1. The Labute approximate surface area is 74.2 Å². The highest BCUT2D eigenvalue weighted by Crippen LogP contribution is 1.89. The third kappa shape index (κ3) is 4.49. The van der Waals surface area contributed by atoms with E-state index in [2.05, 4.69) is 10.1 Å². The minimum absolute atomic E-state index is 0. The SMILES string of the molecule is O.O=C([O-])N/N=C/c1ccncc1. The Bertz CT molecular complexity index is 286. The van der Waals surface area contributed by atoms with Crippen molar-refractivity contribution < 1.29 is 15.4 Å². The summed E-state index contributed by atoms with van der Waals surface area (Å²) in [7, 11) is 0. The first-order valence-corrected chi connectivity index (χ1v) is 3.19. The lowest BCUT2D eigenvalue weighted by Gasteiger charge is -1.96. The van der Waals surface area contributed by atoms with Crippen LogP contribution in [-0.2, 0) is 0 Å². The lowest BCUT2D eigenvalue weighted by Crippen LogP contribution is -2.32. The van der Waals surface area contributed by atoms with E-state index in [1.165, 1.54) is 6.21 Å². The van der Waals surface area contributed by atoms with Gasteiger partial charge in [0, 0.05) is 12.4 Å². The molecule has 1 rings (SSSR count). The summed E-state index contributed by atoms with van der Waals surface area (Å²) in [5, 5.41) is 13.2. The average molecular weight is 182 g/mol. The normalized spacial score (nSPS) is 9.23. The van der Waals surface area contributed by atoms with Crippen LogP contribution in [0.25, 0.3) is 0 Å². The van der Waals surface area contributed by atoms with E-state index in [-0.39, 0.29) is 5.48 Å². The highest BCUT2D eigenvalue weighted by Gasteiger charge is 1.82. The van der Waals surface area contributed by atoms with Crippen molar-refractivity contribution >= 4 is 12.3 Å². The monoisotopic (exact) mass is 182 g/mol. The molecule has 0 aliphatic rings. The van der Waals surface area contributed by atoms with Gasteiger partial charge in [0.1, 0.15) is 0 Å². The molecule has 1 heterocycles. The fourth-order valence-corrected chi connectivity index (χ4v) is 0.609. The average Bonchev–Trinajstić information content (AvgIpc) is 2.05. The lowest BCUT2D eigenvalue weighted by atomic mass is 10.3. The molecule has 1 aromatic heterocycles. The van der Waals surface area contributed by atoms with Gasteiger partial charge >= 0.3 is 0 Å². The number of aromatic nitrogens is 1. The lowest BCUT2D eigenvalue weighted by molar-refractivity contribution is -0.250. The molecule has 0 aliphatic carbocycles. The summed E-state index contributed by atoms with van der Waals surface area (Å²) in [6.07, 6.45) is 3.10. The summed E-state index contributed by atoms with van der Waals surface area (Å²) in [6, 6.07) is 3.39. The van der Waals surface area contributed by atoms with Gasteiger partial charge in [-0.1, -0.05) is 0 Å². The summed E-state index contributed by atoms with van der Waals surface area (Å²) >= 11 is 0. The number of carbonyl (C=O) groups is 1. The van der Waals surface area contributed by atoms with E-state index >= 15 is 0 Å². The first-order valence-electron chi connectivity index (χ1n) is 3.19. The van der Waals surface area contributed by atoms with Crippen molar-refractivity contribution in [3.05, 3.63) is 30.1 Å². The first-order chi connectivity index (χ1) is 5.79. The van der Waals surface area contributed by atoms with Crippen molar-refractivity contribution in [2.45, 2.75) is 0 Å². The number of carboxylic acid groups (broad SMARTS) is 1. The van der Waals surface area contributed by atoms with E-state index in [1.54, 1.807) is 30.0 Å². The van der Waals surface area contributed by atoms with Crippen LogP contribution in [0.5, 0.6) is 0 Å². The molecule has 6 heteroatoms. The molecule has 0 bridgehead atoms. The van der Waals surface area contributed by atoms with Gasteiger partial charge in [-0.25, -0.2) is 0 Å². The topological polar surface area (TPSA) is 109 Å². The third-order valence-corrected chi connectivity index (χ3v) is 1.08. The van der Waals surface area contributed by atoms with Gasteiger partial charge < -0.3 is 15.4 Å². The van der Waals surface area contributed by atoms with E-state index in [0.717, 1.165) is 5.56 Å². The van der Waals surface area contributed by atoms with Gasteiger partial charge in [-0.3, -0.25) is 10.4 Å². The Morgan fingerprint density at radius 3 is 2.69 bits per heavy atom. The van der Waals surface area contributed by atoms with Crippen LogP contribution in [0.2, 0.25) is 0 Å². The van der Waals surface area contributed by atoms with E-state index in [9.17, 15) is 9.90 Å². The van der Waals surface area contributed by atoms with Crippen molar-refractivity contribution in [1.82, 2.24) is 10.4 Å². The van der Waals surface area contributed by atoms with Crippen LogP contribution in [0.4, 0.5) is 4.79 Å². The molecule has 0 atom stereocenters. The minimum atomic E-state index is -1.43. The number of nitrogens with one attached hydrogen (secondary N) is 1. The zero-order valence-electron chi connectivity index (χ0n) is 6.60. The number of pyridine rings is 1. The number of carbonyl (C=O) groups excluding carboxylic acids is 1.